The van der Waals surface area contributed by atoms with Gasteiger partial charge in [0.25, 0.3) is 0 Å². The maximum absolute atomic E-state index is 12.0. The van der Waals surface area contributed by atoms with Crippen LogP contribution < -0.4 is 5.32 Å². The van der Waals surface area contributed by atoms with Crippen molar-refractivity contribution in [2.75, 3.05) is 13.3 Å². The Morgan fingerprint density at radius 3 is 2.83 bits per heavy atom. The molecule has 2 N–H and O–H groups in total. The van der Waals surface area contributed by atoms with Gasteiger partial charge in [0.2, 0.25) is 0 Å². The molecular weight excluding hydrogens is 165 g/mol. The average molecular weight is 177 g/mol. The van der Waals surface area contributed by atoms with Crippen LogP contribution in [0.2, 0.25) is 0 Å². The van der Waals surface area contributed by atoms with Crippen LogP contribution in [0.25, 0.3) is 0 Å². The van der Waals surface area contributed by atoms with E-state index in [1.807, 2.05) is 0 Å². The highest BCUT2D eigenvalue weighted by Crippen LogP contribution is 2.13. The summed E-state index contributed by atoms with van der Waals surface area (Å²) in [7, 11) is 0. The van der Waals surface area contributed by atoms with Crippen LogP contribution in [-0.4, -0.2) is 36.6 Å². The van der Waals surface area contributed by atoms with E-state index in [-0.39, 0.29) is 18.8 Å². The summed E-state index contributed by atoms with van der Waals surface area (Å²) < 4.78 is 17.0. The molecule has 5 heteroatoms. The minimum Gasteiger partial charge on any atom is -0.465 e. The Bertz CT molecular complexity index is 157. The van der Waals surface area contributed by atoms with Crippen molar-refractivity contribution in [3.05, 3.63) is 0 Å². The molecular formula is C7H12FNO3. The van der Waals surface area contributed by atoms with E-state index in [0.717, 1.165) is 0 Å². The maximum atomic E-state index is 12.0. The molecule has 1 aliphatic rings. The highest BCUT2D eigenvalue weighted by molar-refractivity contribution is 5.64. The van der Waals surface area contributed by atoms with E-state index < -0.39 is 12.8 Å². The molecule has 0 aromatic rings. The molecule has 4 nitrogen and oxygen atoms in total. The van der Waals surface area contributed by atoms with Crippen LogP contribution >= 0.6 is 0 Å². The van der Waals surface area contributed by atoms with E-state index in [1.165, 1.54) is 0 Å². The number of carboxylic acid groups (broad SMARTS) is 1. The number of rotatable bonds is 2. The molecule has 70 valence electrons. The molecule has 1 amide bonds. The average Bonchev–Trinajstić information content (AvgIpc) is 2.05. The molecule has 1 saturated heterocycles. The summed E-state index contributed by atoms with van der Waals surface area (Å²) in [6, 6.07) is -0.176. The molecule has 0 bridgehead atoms. The van der Waals surface area contributed by atoms with Gasteiger partial charge in [-0.05, 0) is 12.8 Å². The fraction of sp³-hybridized carbons (Fsp3) is 0.857. The van der Waals surface area contributed by atoms with Gasteiger partial charge in [-0.25, -0.2) is 9.18 Å². The van der Waals surface area contributed by atoms with E-state index in [1.54, 1.807) is 0 Å². The number of carbonyl (C=O) groups is 1. The van der Waals surface area contributed by atoms with E-state index >= 15 is 0 Å². The van der Waals surface area contributed by atoms with E-state index in [9.17, 15) is 9.18 Å². The van der Waals surface area contributed by atoms with Gasteiger partial charge in [0, 0.05) is 0 Å². The van der Waals surface area contributed by atoms with E-state index in [2.05, 4.69) is 5.32 Å². The molecule has 0 spiro atoms. The number of amides is 1. The predicted octanol–water partition coefficient (Wildman–Crippen LogP) is 0.771. The van der Waals surface area contributed by atoms with Crippen molar-refractivity contribution in [2.24, 2.45) is 0 Å². The zero-order chi connectivity index (χ0) is 8.97. The number of ether oxygens (including phenoxy) is 1. The SMILES string of the molecule is O=C(O)N[C@H]1CC[C@H](CF)OC1. The normalized spacial score (nSPS) is 29.8. The lowest BCUT2D eigenvalue weighted by atomic mass is 10.1. The highest BCUT2D eigenvalue weighted by Gasteiger charge is 2.22. The molecule has 0 aliphatic carbocycles. The lowest BCUT2D eigenvalue weighted by Gasteiger charge is -2.26. The van der Waals surface area contributed by atoms with Crippen molar-refractivity contribution in [3.8, 4) is 0 Å². The molecule has 1 heterocycles. The number of nitrogens with one attached hydrogen (secondary N) is 1. The minimum atomic E-state index is -1.05. The molecule has 1 aliphatic heterocycles. The van der Waals surface area contributed by atoms with Gasteiger partial charge in [0.1, 0.15) is 6.67 Å². The monoisotopic (exact) mass is 177 g/mol. The second-order valence-electron chi connectivity index (χ2n) is 2.83. The summed E-state index contributed by atoms with van der Waals surface area (Å²) in [6.07, 6.45) is -0.151. The fourth-order valence-corrected chi connectivity index (χ4v) is 1.22. The number of halogens is 1. The van der Waals surface area contributed by atoms with Gasteiger partial charge in [-0.2, -0.15) is 0 Å². The third kappa shape index (κ3) is 2.65. The lowest BCUT2D eigenvalue weighted by Crippen LogP contribution is -2.42. The molecule has 0 unspecified atom stereocenters. The van der Waals surface area contributed by atoms with Crippen molar-refractivity contribution in [2.45, 2.75) is 25.0 Å². The Kier molecular flexibility index (Phi) is 3.28. The van der Waals surface area contributed by atoms with Gasteiger partial charge in [-0.3, -0.25) is 0 Å². The van der Waals surface area contributed by atoms with Crippen molar-refractivity contribution in [1.82, 2.24) is 5.32 Å². The summed E-state index contributed by atoms with van der Waals surface area (Å²) in [6.45, 7) is -0.208. The van der Waals surface area contributed by atoms with Gasteiger partial charge >= 0.3 is 6.09 Å². The first-order chi connectivity index (χ1) is 5.72. The van der Waals surface area contributed by atoms with Crippen molar-refractivity contribution in [3.63, 3.8) is 0 Å². The third-order valence-corrected chi connectivity index (χ3v) is 1.87. The van der Waals surface area contributed by atoms with Gasteiger partial charge in [0.15, 0.2) is 0 Å². The van der Waals surface area contributed by atoms with Crippen LogP contribution in [0.4, 0.5) is 9.18 Å². The van der Waals surface area contributed by atoms with Crippen LogP contribution in [0, 0.1) is 0 Å². The molecule has 0 saturated carbocycles. The van der Waals surface area contributed by atoms with Gasteiger partial charge in [-0.1, -0.05) is 0 Å². The smallest absolute Gasteiger partial charge is 0.404 e. The first kappa shape index (κ1) is 9.25. The number of hydrogen-bond donors (Lipinski definition) is 2. The first-order valence-corrected chi connectivity index (χ1v) is 3.89. The Morgan fingerprint density at radius 2 is 2.42 bits per heavy atom. The second kappa shape index (κ2) is 4.25. The van der Waals surface area contributed by atoms with Crippen LogP contribution in [0.3, 0.4) is 0 Å². The molecule has 12 heavy (non-hydrogen) atoms. The van der Waals surface area contributed by atoms with Crippen molar-refractivity contribution in [1.29, 1.82) is 0 Å². The van der Waals surface area contributed by atoms with Crippen LogP contribution in [-0.2, 0) is 4.74 Å². The summed E-state index contributed by atoms with van der Waals surface area (Å²) in [5, 5.41) is 10.6. The van der Waals surface area contributed by atoms with Gasteiger partial charge in [0.05, 0.1) is 18.8 Å². The summed E-state index contributed by atoms with van der Waals surface area (Å²) in [4.78, 5) is 10.2. The Labute approximate surface area is 69.7 Å². The Morgan fingerprint density at radius 1 is 1.67 bits per heavy atom. The third-order valence-electron chi connectivity index (χ3n) is 1.87. The quantitative estimate of drug-likeness (QED) is 0.655. The summed E-state index contributed by atoms with van der Waals surface area (Å²) >= 11 is 0. The molecule has 0 aromatic heterocycles. The molecule has 0 radical (unpaired) electrons. The Hall–Kier alpha value is -0.840. The van der Waals surface area contributed by atoms with Crippen LogP contribution in [0.5, 0.6) is 0 Å². The zero-order valence-corrected chi connectivity index (χ0v) is 6.62. The minimum absolute atomic E-state index is 0.176. The van der Waals surface area contributed by atoms with Crippen molar-refractivity contribution >= 4 is 6.09 Å². The zero-order valence-electron chi connectivity index (χ0n) is 6.62. The number of alkyl halides is 1. The van der Waals surface area contributed by atoms with E-state index in [4.69, 9.17) is 9.84 Å². The topological polar surface area (TPSA) is 58.6 Å². The standard InChI is InChI=1S/C7H12FNO3/c8-3-6-2-1-5(4-12-6)9-7(10)11/h5-6,9H,1-4H2,(H,10,11)/t5-,6+/m0/s1. The first-order valence-electron chi connectivity index (χ1n) is 3.89. The summed E-state index contributed by atoms with van der Waals surface area (Å²) in [5.41, 5.74) is 0. The largest absolute Gasteiger partial charge is 0.465 e. The predicted molar refractivity (Wildman–Crippen MR) is 39.9 cm³/mol. The molecule has 0 aromatic carbocycles. The van der Waals surface area contributed by atoms with Crippen molar-refractivity contribution < 1.29 is 19.0 Å². The summed E-state index contributed by atoms with van der Waals surface area (Å²) in [5.74, 6) is 0. The highest BCUT2D eigenvalue weighted by atomic mass is 19.1. The molecule has 1 fully saturated rings. The van der Waals surface area contributed by atoms with Gasteiger partial charge < -0.3 is 15.2 Å². The van der Waals surface area contributed by atoms with Gasteiger partial charge in [-0.15, -0.1) is 0 Å². The lowest BCUT2D eigenvalue weighted by molar-refractivity contribution is -0.0139. The number of hydrogen-bond acceptors (Lipinski definition) is 2. The molecule has 2 atom stereocenters. The van der Waals surface area contributed by atoms with Crippen LogP contribution in [0.15, 0.2) is 0 Å². The molecule has 1 rings (SSSR count). The Balaban J connectivity index is 2.21. The van der Waals surface area contributed by atoms with E-state index in [0.29, 0.717) is 12.8 Å². The maximum Gasteiger partial charge on any atom is 0.404 e. The fourth-order valence-electron chi connectivity index (χ4n) is 1.22. The van der Waals surface area contributed by atoms with Crippen LogP contribution in [0.1, 0.15) is 12.8 Å². The second-order valence-corrected chi connectivity index (χ2v) is 2.83.